The predicted molar refractivity (Wildman–Crippen MR) is 93.8 cm³/mol. The van der Waals surface area contributed by atoms with Gasteiger partial charge in [0.2, 0.25) is 0 Å². The van der Waals surface area contributed by atoms with Crippen molar-refractivity contribution < 1.29 is 9.84 Å². The van der Waals surface area contributed by atoms with Crippen LogP contribution in [-0.2, 0) is 24.0 Å². The summed E-state index contributed by atoms with van der Waals surface area (Å²) in [5.74, 6) is 0. The zero-order chi connectivity index (χ0) is 13.8. The number of fused-ring (bicyclic) bond motifs is 1. The van der Waals surface area contributed by atoms with E-state index < -0.39 is 5.60 Å². The van der Waals surface area contributed by atoms with E-state index >= 15 is 0 Å². The van der Waals surface area contributed by atoms with Gasteiger partial charge in [0.05, 0.1) is 23.9 Å². The Balaban J connectivity index is 0.00000121. The van der Waals surface area contributed by atoms with Crippen LogP contribution in [0.3, 0.4) is 0 Å². The van der Waals surface area contributed by atoms with E-state index in [9.17, 15) is 5.11 Å². The quantitative estimate of drug-likeness (QED) is 0.674. The van der Waals surface area contributed by atoms with Crippen LogP contribution in [0.5, 0.6) is 0 Å². The van der Waals surface area contributed by atoms with Crippen molar-refractivity contribution in [2.45, 2.75) is 31.3 Å². The third-order valence-corrected chi connectivity index (χ3v) is 5.07. The Kier molecular flexibility index (Phi) is 8.56. The number of aromatic nitrogens is 1. The first-order chi connectivity index (χ1) is 9.75. The Hall–Kier alpha value is 0.0500. The monoisotopic (exact) mass is 369 g/mol. The van der Waals surface area contributed by atoms with Crippen molar-refractivity contribution >= 4 is 36.2 Å². The molecule has 0 aromatic carbocycles. The molecule has 5 nitrogen and oxygen atoms in total. The molecule has 1 aliphatic heterocycles. The van der Waals surface area contributed by atoms with Crippen molar-refractivity contribution in [3.05, 3.63) is 15.6 Å². The number of nitrogens with one attached hydrogen (secondary N) is 2. The number of aryl methyl sites for hydroxylation is 2. The van der Waals surface area contributed by atoms with Crippen LogP contribution >= 0.6 is 36.2 Å². The minimum Gasteiger partial charge on any atom is -0.385 e. The normalized spacial score (nSPS) is 24.0. The third kappa shape index (κ3) is 5.30. The highest BCUT2D eigenvalue weighted by molar-refractivity contribution is 7.11. The van der Waals surface area contributed by atoms with E-state index in [1.165, 1.54) is 28.4 Å². The maximum absolute atomic E-state index is 10.4. The van der Waals surface area contributed by atoms with Crippen LogP contribution in [0.25, 0.3) is 0 Å². The largest absolute Gasteiger partial charge is 0.385 e. The van der Waals surface area contributed by atoms with Gasteiger partial charge in [0.25, 0.3) is 0 Å². The molecule has 22 heavy (non-hydrogen) atoms. The molecule has 128 valence electrons. The molecule has 2 aliphatic rings. The minimum atomic E-state index is -0.791. The van der Waals surface area contributed by atoms with Crippen LogP contribution in [0.1, 0.15) is 22.0 Å². The highest BCUT2D eigenvalue weighted by Crippen LogP contribution is 2.27. The number of thiazole rings is 1. The lowest BCUT2D eigenvalue weighted by molar-refractivity contribution is -0.0260. The fraction of sp³-hybridized carbons (Fsp3) is 0.786. The highest BCUT2D eigenvalue weighted by Gasteiger charge is 2.28. The van der Waals surface area contributed by atoms with Crippen molar-refractivity contribution in [1.82, 2.24) is 15.6 Å². The van der Waals surface area contributed by atoms with Gasteiger partial charge in [-0.25, -0.2) is 4.98 Å². The highest BCUT2D eigenvalue weighted by atomic mass is 35.5. The van der Waals surface area contributed by atoms with E-state index in [4.69, 9.17) is 4.74 Å². The fourth-order valence-electron chi connectivity index (χ4n) is 2.76. The Labute approximate surface area is 148 Å². The van der Waals surface area contributed by atoms with Gasteiger partial charge < -0.3 is 20.5 Å². The summed E-state index contributed by atoms with van der Waals surface area (Å²) in [5.41, 5.74) is 0.534. The molecule has 3 rings (SSSR count). The molecule has 1 aliphatic carbocycles. The van der Waals surface area contributed by atoms with Crippen LogP contribution in [-0.4, -0.2) is 55.1 Å². The van der Waals surface area contributed by atoms with E-state index in [2.05, 4.69) is 15.6 Å². The van der Waals surface area contributed by atoms with E-state index in [0.29, 0.717) is 26.3 Å². The Morgan fingerprint density at radius 3 is 3.05 bits per heavy atom. The molecule has 1 saturated heterocycles. The first-order valence-electron chi connectivity index (χ1n) is 7.44. The molecule has 3 N–H and O–H groups in total. The molecule has 1 aromatic heterocycles. The molecule has 1 unspecified atom stereocenters. The van der Waals surface area contributed by atoms with Gasteiger partial charge >= 0.3 is 0 Å². The smallest absolute Gasteiger partial charge is 0.113 e. The lowest BCUT2D eigenvalue weighted by Crippen LogP contribution is -2.50. The average molecular weight is 370 g/mol. The van der Waals surface area contributed by atoms with Gasteiger partial charge in [-0.3, -0.25) is 0 Å². The van der Waals surface area contributed by atoms with Crippen molar-refractivity contribution in [3.63, 3.8) is 0 Å². The van der Waals surface area contributed by atoms with Crippen LogP contribution in [0.2, 0.25) is 0 Å². The van der Waals surface area contributed by atoms with Crippen LogP contribution in [0.4, 0.5) is 0 Å². The molecule has 0 saturated carbocycles. The van der Waals surface area contributed by atoms with Crippen molar-refractivity contribution in [2.24, 2.45) is 0 Å². The number of hydrogen-bond acceptors (Lipinski definition) is 6. The number of nitrogens with zero attached hydrogens (tertiary/aromatic N) is 1. The lowest BCUT2D eigenvalue weighted by Gasteiger charge is -2.26. The van der Waals surface area contributed by atoms with Gasteiger partial charge in [-0.05, 0) is 19.3 Å². The summed E-state index contributed by atoms with van der Waals surface area (Å²) in [6, 6.07) is 0. The van der Waals surface area contributed by atoms with Crippen LogP contribution in [0, 0.1) is 0 Å². The topological polar surface area (TPSA) is 66.4 Å². The van der Waals surface area contributed by atoms with Gasteiger partial charge in [0.1, 0.15) is 5.60 Å². The van der Waals surface area contributed by atoms with E-state index in [0.717, 1.165) is 25.9 Å². The number of rotatable bonds is 5. The number of β-amino-alcohol motifs (C(OH)–C–C–N with tert-alkyl or cyclic N) is 1. The molecule has 1 aromatic rings. The maximum atomic E-state index is 10.4. The molecule has 0 spiro atoms. The van der Waals surface area contributed by atoms with Gasteiger partial charge in [-0.2, -0.15) is 0 Å². The predicted octanol–water partition coefficient (Wildman–Crippen LogP) is 0.958. The summed E-state index contributed by atoms with van der Waals surface area (Å²) in [6.45, 7) is 3.89. The Morgan fingerprint density at radius 2 is 2.23 bits per heavy atom. The van der Waals surface area contributed by atoms with E-state index in [-0.39, 0.29) is 24.8 Å². The fourth-order valence-corrected chi connectivity index (χ4v) is 3.92. The molecule has 8 heteroatoms. The molecule has 0 bridgehead atoms. The molecule has 2 heterocycles. The SMILES string of the molecule is Cl.Cl.OC1(CNCCc2nc3c(s2)CCC3)CNCCOC1. The maximum Gasteiger partial charge on any atom is 0.113 e. The average Bonchev–Trinajstić information content (AvgIpc) is 2.93. The number of aliphatic hydroxyl groups is 1. The molecule has 0 radical (unpaired) electrons. The van der Waals surface area contributed by atoms with Gasteiger partial charge in [-0.1, -0.05) is 0 Å². The lowest BCUT2D eigenvalue weighted by atomic mass is 10.1. The van der Waals surface area contributed by atoms with Crippen molar-refractivity contribution in [1.29, 1.82) is 0 Å². The van der Waals surface area contributed by atoms with Crippen molar-refractivity contribution in [3.8, 4) is 0 Å². The first-order valence-corrected chi connectivity index (χ1v) is 8.26. The summed E-state index contributed by atoms with van der Waals surface area (Å²) in [7, 11) is 0. The zero-order valence-electron chi connectivity index (χ0n) is 12.6. The number of hydrogen-bond donors (Lipinski definition) is 3. The van der Waals surface area contributed by atoms with E-state index in [1.54, 1.807) is 0 Å². The molecule has 0 amide bonds. The molecule has 1 atom stereocenters. The summed E-state index contributed by atoms with van der Waals surface area (Å²) in [4.78, 5) is 6.17. The summed E-state index contributed by atoms with van der Waals surface area (Å²) in [5, 5.41) is 18.1. The number of halogens is 2. The summed E-state index contributed by atoms with van der Waals surface area (Å²) in [6.07, 6.45) is 4.58. The van der Waals surface area contributed by atoms with Gasteiger partial charge in [-0.15, -0.1) is 36.2 Å². The van der Waals surface area contributed by atoms with E-state index in [1.807, 2.05) is 11.3 Å². The first kappa shape index (κ1) is 20.1. The molecular formula is C14H25Cl2N3O2S. The summed E-state index contributed by atoms with van der Waals surface area (Å²) < 4.78 is 5.40. The molecule has 1 fully saturated rings. The third-order valence-electron chi connectivity index (χ3n) is 3.86. The van der Waals surface area contributed by atoms with Crippen LogP contribution < -0.4 is 10.6 Å². The minimum absolute atomic E-state index is 0. The zero-order valence-corrected chi connectivity index (χ0v) is 15.0. The van der Waals surface area contributed by atoms with Gasteiger partial charge in [0.15, 0.2) is 0 Å². The van der Waals surface area contributed by atoms with Crippen LogP contribution in [0.15, 0.2) is 0 Å². The second kappa shape index (κ2) is 9.37. The second-order valence-electron chi connectivity index (χ2n) is 5.71. The Morgan fingerprint density at radius 1 is 1.36 bits per heavy atom. The Bertz CT molecular complexity index is 430. The number of ether oxygens (including phenoxy) is 1. The summed E-state index contributed by atoms with van der Waals surface area (Å²) >= 11 is 1.86. The van der Waals surface area contributed by atoms with Gasteiger partial charge in [0, 0.05) is 37.5 Å². The molecular weight excluding hydrogens is 345 g/mol. The standard InChI is InChI=1S/C14H23N3O2S.2ClH/c18-14(9-16-6-7-19-10-14)8-15-5-4-13-17-11-2-1-3-12(11)20-13;;/h15-16,18H,1-10H2;2*1H. The second-order valence-corrected chi connectivity index (χ2v) is 6.88. The van der Waals surface area contributed by atoms with Crippen molar-refractivity contribution in [2.75, 3.05) is 39.4 Å².